The molecule has 1 aliphatic rings. The lowest BCUT2D eigenvalue weighted by atomic mass is 10.2. The number of ether oxygens (including phenoxy) is 2. The molecule has 1 atom stereocenters. The number of rotatable bonds is 3. The lowest BCUT2D eigenvalue weighted by Crippen LogP contribution is -2.28. The second kappa shape index (κ2) is 4.51. The van der Waals surface area contributed by atoms with Crippen LogP contribution in [0.5, 0.6) is 5.75 Å². The van der Waals surface area contributed by atoms with Gasteiger partial charge in [-0.05, 0) is 30.7 Å². The van der Waals surface area contributed by atoms with E-state index in [1.807, 2.05) is 24.3 Å². The van der Waals surface area contributed by atoms with Gasteiger partial charge in [0.25, 0.3) is 0 Å². The van der Waals surface area contributed by atoms with Gasteiger partial charge in [0.1, 0.15) is 5.75 Å². The van der Waals surface area contributed by atoms with Gasteiger partial charge in [-0.1, -0.05) is 0 Å². The first-order chi connectivity index (χ1) is 7.29. The van der Waals surface area contributed by atoms with Crippen LogP contribution in [0.2, 0.25) is 0 Å². The third kappa shape index (κ3) is 2.40. The first kappa shape index (κ1) is 10.3. The summed E-state index contributed by atoms with van der Waals surface area (Å²) < 4.78 is 10.3. The van der Waals surface area contributed by atoms with Crippen LogP contribution in [0.4, 0.5) is 5.69 Å². The zero-order valence-electron chi connectivity index (χ0n) is 8.69. The Morgan fingerprint density at radius 3 is 2.67 bits per heavy atom. The summed E-state index contributed by atoms with van der Waals surface area (Å²) in [5.74, 6) is 0.847. The van der Waals surface area contributed by atoms with Crippen molar-refractivity contribution in [1.82, 2.24) is 0 Å². The van der Waals surface area contributed by atoms with E-state index < -0.39 is 0 Å². The Morgan fingerprint density at radius 1 is 1.40 bits per heavy atom. The molecule has 0 saturated carbocycles. The Balaban J connectivity index is 1.98. The van der Waals surface area contributed by atoms with E-state index in [1.54, 1.807) is 7.11 Å². The Morgan fingerprint density at radius 2 is 2.13 bits per heavy atom. The van der Waals surface area contributed by atoms with E-state index in [4.69, 9.17) is 15.2 Å². The molecule has 2 rings (SSSR count). The zero-order valence-corrected chi connectivity index (χ0v) is 8.69. The van der Waals surface area contributed by atoms with Crippen molar-refractivity contribution in [2.45, 2.75) is 12.5 Å². The molecular weight excluding hydrogens is 192 g/mol. The molecule has 0 aliphatic carbocycles. The Kier molecular flexibility index (Phi) is 3.08. The highest BCUT2D eigenvalue weighted by Gasteiger charge is 2.25. The van der Waals surface area contributed by atoms with Gasteiger partial charge in [0.15, 0.2) is 6.23 Å². The van der Waals surface area contributed by atoms with Crippen LogP contribution >= 0.6 is 0 Å². The molecule has 81 valence electrons. The molecule has 1 aliphatic heterocycles. The summed E-state index contributed by atoms with van der Waals surface area (Å²) in [5, 5.41) is 3.30. The zero-order chi connectivity index (χ0) is 10.7. The Labute approximate surface area is 89.4 Å². The molecule has 4 heteroatoms. The van der Waals surface area contributed by atoms with Crippen molar-refractivity contribution in [3.8, 4) is 5.75 Å². The molecule has 3 N–H and O–H groups in total. The number of methoxy groups -OCH3 is 1. The van der Waals surface area contributed by atoms with E-state index >= 15 is 0 Å². The van der Waals surface area contributed by atoms with Crippen LogP contribution in [-0.2, 0) is 4.74 Å². The SMILES string of the molecule is COc1ccc(NC2CCO[C]2N)cc1. The standard InChI is InChI=1S/C11H15N2O2/c1-14-9-4-2-8(3-5-9)13-10-6-7-15-11(10)12/h2-5,10,13H,6-7,12H2,1H3. The second-order valence-corrected chi connectivity index (χ2v) is 3.46. The number of benzene rings is 1. The maximum Gasteiger partial charge on any atom is 0.181 e. The molecule has 1 aromatic carbocycles. The molecule has 0 aromatic heterocycles. The van der Waals surface area contributed by atoms with Gasteiger partial charge in [-0.2, -0.15) is 0 Å². The Hall–Kier alpha value is -1.26. The fourth-order valence-corrected chi connectivity index (χ4v) is 1.57. The number of nitrogens with two attached hydrogens (primary N) is 1. The predicted molar refractivity (Wildman–Crippen MR) is 58.4 cm³/mol. The van der Waals surface area contributed by atoms with Crippen molar-refractivity contribution < 1.29 is 9.47 Å². The Bertz CT molecular complexity index is 313. The van der Waals surface area contributed by atoms with Crippen LogP contribution in [0.1, 0.15) is 6.42 Å². The van der Waals surface area contributed by atoms with Gasteiger partial charge >= 0.3 is 0 Å². The van der Waals surface area contributed by atoms with Gasteiger partial charge in [0.05, 0.1) is 19.8 Å². The highest BCUT2D eigenvalue weighted by Crippen LogP contribution is 2.22. The van der Waals surface area contributed by atoms with Gasteiger partial charge in [0.2, 0.25) is 0 Å². The normalized spacial score (nSPS) is 21.6. The molecule has 0 bridgehead atoms. The summed E-state index contributed by atoms with van der Waals surface area (Å²) in [7, 11) is 1.65. The average molecular weight is 207 g/mol. The minimum atomic E-state index is 0.124. The lowest BCUT2D eigenvalue weighted by Gasteiger charge is -2.16. The monoisotopic (exact) mass is 207 g/mol. The molecule has 4 nitrogen and oxygen atoms in total. The van der Waals surface area contributed by atoms with Crippen LogP contribution in [-0.4, -0.2) is 19.8 Å². The molecule has 1 aromatic rings. The van der Waals surface area contributed by atoms with Crippen molar-refractivity contribution in [3.63, 3.8) is 0 Å². The minimum absolute atomic E-state index is 0.124. The maximum absolute atomic E-state index is 5.69. The summed E-state index contributed by atoms with van der Waals surface area (Å²) in [4.78, 5) is 0. The first-order valence-electron chi connectivity index (χ1n) is 4.95. The molecule has 1 radical (unpaired) electrons. The first-order valence-corrected chi connectivity index (χ1v) is 4.95. The van der Waals surface area contributed by atoms with Crippen LogP contribution in [0.25, 0.3) is 0 Å². The summed E-state index contributed by atoms with van der Waals surface area (Å²) in [6.45, 7) is 0.694. The molecule has 0 spiro atoms. The van der Waals surface area contributed by atoms with E-state index in [0.717, 1.165) is 17.9 Å². The second-order valence-electron chi connectivity index (χ2n) is 3.46. The van der Waals surface area contributed by atoms with Crippen molar-refractivity contribution >= 4 is 5.69 Å². The molecule has 1 saturated heterocycles. The van der Waals surface area contributed by atoms with Gasteiger partial charge in [0, 0.05) is 5.69 Å². The fourth-order valence-electron chi connectivity index (χ4n) is 1.57. The van der Waals surface area contributed by atoms with Crippen LogP contribution in [0.15, 0.2) is 24.3 Å². The highest BCUT2D eigenvalue weighted by atomic mass is 16.5. The van der Waals surface area contributed by atoms with E-state index in [9.17, 15) is 0 Å². The fraction of sp³-hybridized carbons (Fsp3) is 0.364. The molecule has 1 heterocycles. The van der Waals surface area contributed by atoms with Crippen molar-refractivity contribution in [3.05, 3.63) is 30.5 Å². The van der Waals surface area contributed by atoms with E-state index in [-0.39, 0.29) is 6.04 Å². The third-order valence-electron chi connectivity index (χ3n) is 2.45. The minimum Gasteiger partial charge on any atom is -0.497 e. The summed E-state index contributed by atoms with van der Waals surface area (Å²) in [6, 6.07) is 7.87. The molecule has 1 fully saturated rings. The maximum atomic E-state index is 5.69. The molecule has 15 heavy (non-hydrogen) atoms. The van der Waals surface area contributed by atoms with Gasteiger partial charge < -0.3 is 14.8 Å². The smallest absolute Gasteiger partial charge is 0.181 e. The van der Waals surface area contributed by atoms with Gasteiger partial charge in [-0.3, -0.25) is 5.73 Å². The van der Waals surface area contributed by atoms with Crippen LogP contribution < -0.4 is 15.8 Å². The van der Waals surface area contributed by atoms with E-state index in [2.05, 4.69) is 5.32 Å². The quantitative estimate of drug-likeness (QED) is 0.785. The van der Waals surface area contributed by atoms with E-state index in [1.165, 1.54) is 0 Å². The number of hydrogen-bond acceptors (Lipinski definition) is 4. The molecule has 1 unspecified atom stereocenters. The highest BCUT2D eigenvalue weighted by molar-refractivity contribution is 5.47. The van der Waals surface area contributed by atoms with Crippen LogP contribution in [0, 0.1) is 6.23 Å². The number of anilines is 1. The van der Waals surface area contributed by atoms with Crippen molar-refractivity contribution in [2.75, 3.05) is 19.0 Å². The predicted octanol–water partition coefficient (Wildman–Crippen LogP) is 1.34. The van der Waals surface area contributed by atoms with Gasteiger partial charge in [-0.25, -0.2) is 0 Å². The number of hydrogen-bond donors (Lipinski definition) is 2. The van der Waals surface area contributed by atoms with Crippen molar-refractivity contribution in [1.29, 1.82) is 0 Å². The van der Waals surface area contributed by atoms with E-state index in [0.29, 0.717) is 12.8 Å². The summed E-state index contributed by atoms with van der Waals surface area (Å²) in [5.41, 5.74) is 6.71. The lowest BCUT2D eigenvalue weighted by molar-refractivity contribution is 0.196. The summed E-state index contributed by atoms with van der Waals surface area (Å²) >= 11 is 0. The largest absolute Gasteiger partial charge is 0.497 e. The topological polar surface area (TPSA) is 56.5 Å². The van der Waals surface area contributed by atoms with Gasteiger partial charge in [-0.15, -0.1) is 0 Å². The number of nitrogens with one attached hydrogen (secondary N) is 1. The average Bonchev–Trinajstić information content (AvgIpc) is 2.66. The molecular formula is C11H15N2O2. The molecule has 0 amide bonds. The third-order valence-corrected chi connectivity index (χ3v) is 2.45. The van der Waals surface area contributed by atoms with Crippen molar-refractivity contribution in [2.24, 2.45) is 5.73 Å². The van der Waals surface area contributed by atoms with Crippen LogP contribution in [0.3, 0.4) is 0 Å². The summed E-state index contributed by atoms with van der Waals surface area (Å²) in [6.07, 6.45) is 1.49.